The first kappa shape index (κ1) is 26.3. The Hall–Kier alpha value is -1.29. The Bertz CT molecular complexity index is 1050. The fourth-order valence-electron chi connectivity index (χ4n) is 3.59. The van der Waals surface area contributed by atoms with Crippen molar-refractivity contribution >= 4 is 68.5 Å². The summed E-state index contributed by atoms with van der Waals surface area (Å²) in [5.41, 5.74) is 1.64. The topological polar surface area (TPSA) is 45.7 Å². The Morgan fingerprint density at radius 2 is 1.85 bits per heavy atom. The zero-order chi connectivity index (χ0) is 22.5. The number of benzene rings is 2. The predicted molar refractivity (Wildman–Crippen MR) is 145 cm³/mol. The first-order valence-electron chi connectivity index (χ1n) is 10.9. The summed E-state index contributed by atoms with van der Waals surface area (Å²) in [4.78, 5) is 25.0. The number of aromatic nitrogens is 1. The average Bonchev–Trinajstić information content (AvgIpc) is 3.22. The van der Waals surface area contributed by atoms with Gasteiger partial charge in [-0.2, -0.15) is 0 Å². The smallest absolute Gasteiger partial charge is 0.260 e. The highest BCUT2D eigenvalue weighted by atomic mass is 35.5. The maximum Gasteiger partial charge on any atom is 0.260 e. The van der Waals surface area contributed by atoms with E-state index in [4.69, 9.17) is 9.72 Å². The number of thioether (sulfide) groups is 2. The van der Waals surface area contributed by atoms with Crippen LogP contribution in [0.15, 0.2) is 52.3 Å². The van der Waals surface area contributed by atoms with E-state index in [1.165, 1.54) is 9.79 Å². The highest BCUT2D eigenvalue weighted by Crippen LogP contribution is 2.32. The Morgan fingerprint density at radius 1 is 1.15 bits per heavy atom. The normalized spacial score (nSPS) is 14.4. The molecule has 33 heavy (non-hydrogen) atoms. The molecule has 0 atom stereocenters. The van der Waals surface area contributed by atoms with E-state index in [-0.39, 0.29) is 18.3 Å². The van der Waals surface area contributed by atoms with E-state index in [1.807, 2.05) is 35.2 Å². The van der Waals surface area contributed by atoms with Crippen LogP contribution in [-0.4, -0.2) is 66.7 Å². The molecule has 1 fully saturated rings. The van der Waals surface area contributed by atoms with Crippen molar-refractivity contribution in [1.82, 2.24) is 9.88 Å². The second-order valence-corrected chi connectivity index (χ2v) is 11.5. The highest BCUT2D eigenvalue weighted by Gasteiger charge is 2.23. The Labute approximate surface area is 214 Å². The van der Waals surface area contributed by atoms with Gasteiger partial charge in [-0.1, -0.05) is 25.2 Å². The number of thiazole rings is 1. The summed E-state index contributed by atoms with van der Waals surface area (Å²) in [5.74, 6) is 0.00324. The number of amides is 1. The number of anilines is 1. The van der Waals surface area contributed by atoms with Gasteiger partial charge in [-0.3, -0.25) is 14.6 Å². The minimum Gasteiger partial charge on any atom is -0.379 e. The van der Waals surface area contributed by atoms with Gasteiger partial charge in [0.1, 0.15) is 0 Å². The van der Waals surface area contributed by atoms with Crippen LogP contribution >= 0.6 is 47.3 Å². The molecule has 9 heteroatoms. The van der Waals surface area contributed by atoms with Crippen LogP contribution in [0.1, 0.15) is 24.2 Å². The van der Waals surface area contributed by atoms with Crippen LogP contribution in [0.5, 0.6) is 0 Å². The van der Waals surface area contributed by atoms with Crippen LogP contribution in [0.2, 0.25) is 0 Å². The maximum atomic E-state index is 13.6. The van der Waals surface area contributed by atoms with Gasteiger partial charge in [-0.05, 0) is 48.7 Å². The number of hydrogen-bond acceptors (Lipinski definition) is 7. The van der Waals surface area contributed by atoms with Crippen LogP contribution in [-0.2, 0) is 4.74 Å². The van der Waals surface area contributed by atoms with E-state index in [0.717, 1.165) is 48.2 Å². The van der Waals surface area contributed by atoms with Crippen molar-refractivity contribution in [3.05, 3.63) is 48.0 Å². The molecule has 1 aromatic heterocycles. The van der Waals surface area contributed by atoms with Gasteiger partial charge in [-0.25, -0.2) is 4.98 Å². The zero-order valence-electron chi connectivity index (χ0n) is 19.2. The largest absolute Gasteiger partial charge is 0.379 e. The van der Waals surface area contributed by atoms with E-state index in [1.54, 1.807) is 34.9 Å². The molecule has 1 amide bonds. The third-order valence-electron chi connectivity index (χ3n) is 5.28. The van der Waals surface area contributed by atoms with Gasteiger partial charge in [0.25, 0.3) is 5.91 Å². The number of carbonyl (C=O) groups is 1. The van der Waals surface area contributed by atoms with Crippen molar-refractivity contribution < 1.29 is 9.53 Å². The lowest BCUT2D eigenvalue weighted by molar-refractivity contribution is 0.0391. The molecule has 0 saturated carbocycles. The molecular formula is C24H30ClN3O2S3. The molecule has 1 aliphatic heterocycles. The van der Waals surface area contributed by atoms with Crippen LogP contribution in [0.25, 0.3) is 10.2 Å². The highest BCUT2D eigenvalue weighted by molar-refractivity contribution is 8.00. The fourth-order valence-corrected chi connectivity index (χ4v) is 5.97. The lowest BCUT2D eigenvalue weighted by Gasteiger charge is -2.29. The van der Waals surface area contributed by atoms with Crippen molar-refractivity contribution in [2.45, 2.75) is 28.9 Å². The first-order chi connectivity index (χ1) is 15.5. The summed E-state index contributed by atoms with van der Waals surface area (Å²) < 4.78 is 6.58. The van der Waals surface area contributed by atoms with E-state index in [9.17, 15) is 4.79 Å². The second-order valence-electron chi connectivity index (χ2n) is 7.93. The van der Waals surface area contributed by atoms with Crippen LogP contribution < -0.4 is 4.90 Å². The van der Waals surface area contributed by atoms with Gasteiger partial charge in [0.15, 0.2) is 5.13 Å². The van der Waals surface area contributed by atoms with E-state index < -0.39 is 0 Å². The number of rotatable bonds is 8. The quantitative estimate of drug-likeness (QED) is 0.341. The summed E-state index contributed by atoms with van der Waals surface area (Å²) in [5, 5.41) is 1.27. The third-order valence-corrected chi connectivity index (χ3v) is 8.06. The summed E-state index contributed by atoms with van der Waals surface area (Å²) in [6.45, 7) is 9.07. The van der Waals surface area contributed by atoms with Crippen LogP contribution in [0.3, 0.4) is 0 Å². The van der Waals surface area contributed by atoms with Gasteiger partial charge in [0.2, 0.25) is 0 Å². The Morgan fingerprint density at radius 3 is 2.52 bits per heavy atom. The molecule has 3 aromatic rings. The number of fused-ring (bicyclic) bond motifs is 1. The molecule has 4 rings (SSSR count). The monoisotopic (exact) mass is 523 g/mol. The minimum atomic E-state index is 0. The predicted octanol–water partition coefficient (Wildman–Crippen LogP) is 5.92. The number of morpholine rings is 1. The summed E-state index contributed by atoms with van der Waals surface area (Å²) in [7, 11) is 0. The second kappa shape index (κ2) is 12.4. The van der Waals surface area contributed by atoms with Gasteiger partial charge >= 0.3 is 0 Å². The molecular weight excluding hydrogens is 494 g/mol. The molecule has 2 heterocycles. The van der Waals surface area contributed by atoms with Crippen LogP contribution in [0, 0.1) is 0 Å². The van der Waals surface area contributed by atoms with Crippen molar-refractivity contribution in [3.63, 3.8) is 0 Å². The van der Waals surface area contributed by atoms with E-state index in [0.29, 0.717) is 17.4 Å². The maximum absolute atomic E-state index is 13.6. The van der Waals surface area contributed by atoms with Crippen molar-refractivity contribution in [1.29, 1.82) is 0 Å². The fraction of sp³-hybridized carbons (Fsp3) is 0.417. The summed E-state index contributed by atoms with van der Waals surface area (Å²) in [6.07, 6.45) is 2.07. The SMILES string of the molecule is CSc1ccc2nc(N(CCN3CCOCC3)C(=O)c3ccc(SC(C)C)cc3)sc2c1.Cl. The van der Waals surface area contributed by atoms with Crippen molar-refractivity contribution in [3.8, 4) is 0 Å². The third kappa shape index (κ3) is 6.87. The number of hydrogen-bond donors (Lipinski definition) is 0. The summed E-state index contributed by atoms with van der Waals surface area (Å²) >= 11 is 5.11. The number of ether oxygens (including phenoxy) is 1. The van der Waals surface area contributed by atoms with Gasteiger partial charge in [0.05, 0.1) is 23.4 Å². The average molecular weight is 524 g/mol. The standard InChI is InChI=1S/C24H29N3O2S3.ClH/c1-17(2)31-19-6-4-18(5-7-19)23(28)27(11-10-26-12-14-29-15-13-26)24-25-21-9-8-20(30-3)16-22(21)32-24;/h4-9,16-17H,10-15H2,1-3H3;1H. The van der Waals surface area contributed by atoms with Gasteiger partial charge < -0.3 is 4.74 Å². The van der Waals surface area contributed by atoms with Gasteiger partial charge in [-0.15, -0.1) is 35.9 Å². The minimum absolute atomic E-state index is 0. The molecule has 0 aliphatic carbocycles. The molecule has 0 N–H and O–H groups in total. The van der Waals surface area contributed by atoms with E-state index >= 15 is 0 Å². The summed E-state index contributed by atoms with van der Waals surface area (Å²) in [6, 6.07) is 14.2. The molecule has 0 radical (unpaired) electrons. The zero-order valence-corrected chi connectivity index (χ0v) is 22.4. The molecule has 0 spiro atoms. The number of nitrogens with zero attached hydrogens (tertiary/aromatic N) is 3. The molecule has 1 saturated heterocycles. The molecule has 2 aromatic carbocycles. The van der Waals surface area contributed by atoms with Crippen LogP contribution in [0.4, 0.5) is 5.13 Å². The van der Waals surface area contributed by atoms with Crippen molar-refractivity contribution in [2.24, 2.45) is 0 Å². The molecule has 0 unspecified atom stereocenters. The lowest BCUT2D eigenvalue weighted by atomic mass is 10.2. The Kier molecular flexibility index (Phi) is 9.91. The number of carbonyl (C=O) groups excluding carboxylic acids is 1. The molecule has 178 valence electrons. The van der Waals surface area contributed by atoms with E-state index in [2.05, 4.69) is 37.1 Å². The van der Waals surface area contributed by atoms with Crippen molar-refractivity contribution in [2.75, 3.05) is 50.5 Å². The molecule has 0 bridgehead atoms. The number of halogens is 1. The van der Waals surface area contributed by atoms with Gasteiger partial charge in [0, 0.05) is 46.8 Å². The molecule has 5 nitrogen and oxygen atoms in total. The Balaban J connectivity index is 0.00000306. The first-order valence-corrected chi connectivity index (χ1v) is 13.8. The molecule has 1 aliphatic rings. The lowest BCUT2D eigenvalue weighted by Crippen LogP contribution is -2.43.